The Morgan fingerprint density at radius 2 is 1.83 bits per heavy atom. The van der Waals surface area contributed by atoms with Crippen molar-refractivity contribution in [3.05, 3.63) is 0 Å². The fourth-order valence-electron chi connectivity index (χ4n) is 1.94. The first-order valence-electron chi connectivity index (χ1n) is 6.90. The maximum absolute atomic E-state index is 11.9. The van der Waals surface area contributed by atoms with Gasteiger partial charge in [-0.15, -0.1) is 0 Å². The fourth-order valence-corrected chi connectivity index (χ4v) is 1.94. The number of amides is 1. The highest BCUT2D eigenvalue weighted by Crippen LogP contribution is 2.26. The summed E-state index contributed by atoms with van der Waals surface area (Å²) in [5, 5.41) is 12.0. The molecule has 1 unspecified atom stereocenters. The summed E-state index contributed by atoms with van der Waals surface area (Å²) in [6.45, 7) is 9.04. The molecule has 0 fully saturated rings. The third-order valence-corrected chi connectivity index (χ3v) is 3.74. The first kappa shape index (κ1) is 17.4. The normalized spacial score (nSPS) is 15.2. The van der Waals surface area contributed by atoms with E-state index in [1.54, 1.807) is 0 Å². The van der Waals surface area contributed by atoms with Crippen LogP contribution in [0.15, 0.2) is 0 Å². The predicted molar refractivity (Wildman–Crippen MR) is 75.2 cm³/mol. The fraction of sp³-hybridized carbons (Fsp3) is 0.929. The zero-order valence-electron chi connectivity index (χ0n) is 12.4. The van der Waals surface area contributed by atoms with Gasteiger partial charge in [0, 0.05) is 18.6 Å². The van der Waals surface area contributed by atoms with Gasteiger partial charge in [-0.1, -0.05) is 20.8 Å². The van der Waals surface area contributed by atoms with Crippen molar-refractivity contribution in [1.29, 1.82) is 0 Å². The summed E-state index contributed by atoms with van der Waals surface area (Å²) < 4.78 is 0. The van der Waals surface area contributed by atoms with Crippen molar-refractivity contribution in [1.82, 2.24) is 5.32 Å². The molecular weight excluding hydrogens is 228 g/mol. The van der Waals surface area contributed by atoms with E-state index < -0.39 is 0 Å². The van der Waals surface area contributed by atoms with E-state index in [2.05, 4.69) is 19.2 Å². The summed E-state index contributed by atoms with van der Waals surface area (Å²) in [5.74, 6) is 0.0675. The van der Waals surface area contributed by atoms with Crippen molar-refractivity contribution in [3.8, 4) is 0 Å². The summed E-state index contributed by atoms with van der Waals surface area (Å²) in [6, 6.07) is 0. The minimum Gasteiger partial charge on any atom is -0.396 e. The molecule has 0 aromatic heterocycles. The van der Waals surface area contributed by atoms with Gasteiger partial charge in [0.25, 0.3) is 0 Å². The van der Waals surface area contributed by atoms with Crippen LogP contribution in [0, 0.1) is 5.41 Å². The van der Waals surface area contributed by atoms with Crippen LogP contribution in [-0.2, 0) is 4.79 Å². The molecule has 0 aliphatic rings. The van der Waals surface area contributed by atoms with E-state index in [1.165, 1.54) is 0 Å². The first-order chi connectivity index (χ1) is 8.28. The van der Waals surface area contributed by atoms with Crippen molar-refractivity contribution in [2.45, 2.75) is 65.3 Å². The highest BCUT2D eigenvalue weighted by molar-refractivity contribution is 5.76. The van der Waals surface area contributed by atoms with Crippen molar-refractivity contribution in [2.24, 2.45) is 11.1 Å². The molecule has 0 bridgehead atoms. The third-order valence-electron chi connectivity index (χ3n) is 3.74. The Morgan fingerprint density at radius 3 is 2.28 bits per heavy atom. The van der Waals surface area contributed by atoms with Gasteiger partial charge in [-0.05, 0) is 44.6 Å². The van der Waals surface area contributed by atoms with Gasteiger partial charge in [0.05, 0.1) is 0 Å². The molecule has 1 amide bonds. The number of nitrogens with one attached hydrogen (secondary N) is 1. The largest absolute Gasteiger partial charge is 0.396 e. The van der Waals surface area contributed by atoms with Gasteiger partial charge >= 0.3 is 0 Å². The Morgan fingerprint density at radius 1 is 1.22 bits per heavy atom. The Labute approximate surface area is 111 Å². The van der Waals surface area contributed by atoms with Crippen LogP contribution in [0.2, 0.25) is 0 Å². The van der Waals surface area contributed by atoms with Gasteiger partial charge in [-0.25, -0.2) is 0 Å². The van der Waals surface area contributed by atoms with Crippen LogP contribution < -0.4 is 11.1 Å². The minimum absolute atomic E-state index is 0.0675. The zero-order valence-corrected chi connectivity index (χ0v) is 12.4. The van der Waals surface area contributed by atoms with E-state index in [9.17, 15) is 4.79 Å². The molecule has 0 rings (SSSR count). The highest BCUT2D eigenvalue weighted by atomic mass is 16.3. The summed E-state index contributed by atoms with van der Waals surface area (Å²) in [7, 11) is 0. The van der Waals surface area contributed by atoms with Crippen LogP contribution in [0.4, 0.5) is 0 Å². The Kier molecular flexibility index (Phi) is 7.48. The molecule has 18 heavy (non-hydrogen) atoms. The molecule has 0 saturated carbocycles. The number of aliphatic hydroxyl groups is 1. The van der Waals surface area contributed by atoms with Crippen LogP contribution in [0.3, 0.4) is 0 Å². The van der Waals surface area contributed by atoms with Crippen LogP contribution in [0.25, 0.3) is 0 Å². The van der Waals surface area contributed by atoms with E-state index >= 15 is 0 Å². The molecule has 0 aliphatic carbocycles. The molecular formula is C14H30N2O2. The predicted octanol–water partition coefficient (Wildman–Crippen LogP) is 1.81. The lowest BCUT2D eigenvalue weighted by Crippen LogP contribution is -2.46. The lowest BCUT2D eigenvalue weighted by molar-refractivity contribution is -0.123. The average molecular weight is 258 g/mol. The topological polar surface area (TPSA) is 75.3 Å². The number of hydrogen-bond acceptors (Lipinski definition) is 3. The molecule has 4 N–H and O–H groups in total. The van der Waals surface area contributed by atoms with Crippen LogP contribution >= 0.6 is 0 Å². The second-order valence-corrected chi connectivity index (χ2v) is 6.14. The van der Waals surface area contributed by atoms with E-state index in [1.807, 2.05) is 13.8 Å². The van der Waals surface area contributed by atoms with Crippen molar-refractivity contribution < 1.29 is 9.90 Å². The summed E-state index contributed by atoms with van der Waals surface area (Å²) >= 11 is 0. The maximum atomic E-state index is 11.9. The Bertz CT molecular complexity index is 254. The summed E-state index contributed by atoms with van der Waals surface area (Å²) in [4.78, 5) is 11.9. The summed E-state index contributed by atoms with van der Waals surface area (Å²) in [6.07, 6.45) is 3.72. The van der Waals surface area contributed by atoms with Crippen LogP contribution in [-0.4, -0.2) is 29.7 Å². The van der Waals surface area contributed by atoms with Gasteiger partial charge in [-0.3, -0.25) is 4.79 Å². The number of hydrogen-bond donors (Lipinski definition) is 3. The molecule has 0 heterocycles. The van der Waals surface area contributed by atoms with Gasteiger partial charge < -0.3 is 16.2 Å². The number of aliphatic hydroxyl groups excluding tert-OH is 1. The molecule has 0 aliphatic heterocycles. The molecule has 0 spiro atoms. The first-order valence-corrected chi connectivity index (χ1v) is 6.90. The lowest BCUT2D eigenvalue weighted by Gasteiger charge is -2.30. The van der Waals surface area contributed by atoms with E-state index in [0.29, 0.717) is 19.4 Å². The van der Waals surface area contributed by atoms with E-state index in [0.717, 1.165) is 19.3 Å². The van der Waals surface area contributed by atoms with Gasteiger partial charge in [0.1, 0.15) is 0 Å². The average Bonchev–Trinajstić information content (AvgIpc) is 2.27. The molecule has 0 aromatic carbocycles. The SMILES string of the molecule is CCC(C)(CCO)NC(=O)CCC(C)(C)CCN. The number of nitrogens with two attached hydrogens (primary N) is 1. The van der Waals surface area contributed by atoms with E-state index in [4.69, 9.17) is 10.8 Å². The summed E-state index contributed by atoms with van der Waals surface area (Å²) in [5.41, 5.74) is 5.38. The van der Waals surface area contributed by atoms with Crippen LogP contribution in [0.1, 0.15) is 59.8 Å². The lowest BCUT2D eigenvalue weighted by atomic mass is 9.84. The van der Waals surface area contributed by atoms with Crippen molar-refractivity contribution in [2.75, 3.05) is 13.2 Å². The van der Waals surface area contributed by atoms with Crippen molar-refractivity contribution >= 4 is 5.91 Å². The van der Waals surface area contributed by atoms with E-state index in [-0.39, 0.29) is 23.5 Å². The number of carbonyl (C=O) groups excluding carboxylic acids is 1. The highest BCUT2D eigenvalue weighted by Gasteiger charge is 2.25. The van der Waals surface area contributed by atoms with Crippen molar-refractivity contribution in [3.63, 3.8) is 0 Å². The molecule has 4 nitrogen and oxygen atoms in total. The molecule has 4 heteroatoms. The third kappa shape index (κ3) is 6.97. The zero-order chi connectivity index (χ0) is 14.2. The number of carbonyl (C=O) groups is 1. The molecule has 0 radical (unpaired) electrons. The standard InChI is InChI=1S/C14H30N2O2/c1-5-14(4,9-11-17)16-12(18)6-7-13(2,3)8-10-15/h17H,5-11,15H2,1-4H3,(H,16,18). The van der Waals surface area contributed by atoms with Gasteiger partial charge in [0.2, 0.25) is 5.91 Å². The second kappa shape index (κ2) is 7.74. The molecule has 0 aromatic rings. The monoisotopic (exact) mass is 258 g/mol. The van der Waals surface area contributed by atoms with Crippen LogP contribution in [0.5, 0.6) is 0 Å². The Hall–Kier alpha value is -0.610. The molecule has 108 valence electrons. The van der Waals surface area contributed by atoms with Gasteiger partial charge in [0.15, 0.2) is 0 Å². The smallest absolute Gasteiger partial charge is 0.220 e. The minimum atomic E-state index is -0.288. The van der Waals surface area contributed by atoms with Gasteiger partial charge in [-0.2, -0.15) is 0 Å². The molecule has 0 saturated heterocycles. The Balaban J connectivity index is 4.18. The second-order valence-electron chi connectivity index (χ2n) is 6.14. The quantitative estimate of drug-likeness (QED) is 0.590. The number of rotatable bonds is 9. The molecule has 1 atom stereocenters. The maximum Gasteiger partial charge on any atom is 0.220 e.